The third-order valence-corrected chi connectivity index (χ3v) is 3.54. The summed E-state index contributed by atoms with van der Waals surface area (Å²) in [4.78, 5) is 0. The summed E-state index contributed by atoms with van der Waals surface area (Å²) in [6, 6.07) is 5.91. The van der Waals surface area contributed by atoms with Crippen LogP contribution < -0.4 is 5.32 Å². The highest BCUT2D eigenvalue weighted by atomic mass is 79.9. The molecule has 0 aliphatic carbocycles. The van der Waals surface area contributed by atoms with E-state index >= 15 is 0 Å². The average molecular weight is 315 g/mol. The van der Waals surface area contributed by atoms with E-state index in [1.807, 2.05) is 38.4 Å². The minimum atomic E-state index is 0.679. The summed E-state index contributed by atoms with van der Waals surface area (Å²) < 4.78 is 2.80. The minimum Gasteiger partial charge on any atom is -0.378 e. The molecule has 2 aromatic rings. The maximum Gasteiger partial charge on any atom is 0.0815 e. The quantitative estimate of drug-likeness (QED) is 0.935. The fourth-order valence-electron chi connectivity index (χ4n) is 1.52. The first-order valence-corrected chi connectivity index (χ1v) is 6.41. The van der Waals surface area contributed by atoms with Crippen LogP contribution in [-0.2, 0) is 13.6 Å². The lowest BCUT2D eigenvalue weighted by Crippen LogP contribution is -2.02. The Morgan fingerprint density at radius 2 is 2.24 bits per heavy atom. The molecule has 0 saturated heterocycles. The van der Waals surface area contributed by atoms with Gasteiger partial charge in [0.05, 0.1) is 17.9 Å². The highest BCUT2D eigenvalue weighted by molar-refractivity contribution is 9.10. The van der Waals surface area contributed by atoms with Gasteiger partial charge >= 0.3 is 0 Å². The molecule has 1 N–H and O–H groups in total. The molecule has 0 atom stereocenters. The molecule has 2 rings (SSSR count). The summed E-state index contributed by atoms with van der Waals surface area (Å²) in [5.41, 5.74) is 3.03. The zero-order chi connectivity index (χ0) is 12.4. The van der Waals surface area contributed by atoms with Crippen molar-refractivity contribution in [1.82, 2.24) is 9.78 Å². The summed E-state index contributed by atoms with van der Waals surface area (Å²) in [5, 5.41) is 8.37. The Morgan fingerprint density at radius 3 is 2.88 bits per heavy atom. The average Bonchev–Trinajstić information content (AvgIpc) is 2.68. The molecule has 0 aliphatic rings. The van der Waals surface area contributed by atoms with Gasteiger partial charge in [-0.3, -0.25) is 4.68 Å². The SMILES string of the molecule is Cc1cc(Br)c(NCc2ccn(C)n2)cc1Cl. The normalized spacial score (nSPS) is 10.6. The van der Waals surface area contributed by atoms with E-state index in [0.717, 1.165) is 26.4 Å². The van der Waals surface area contributed by atoms with Gasteiger partial charge in [0.1, 0.15) is 0 Å². The highest BCUT2D eigenvalue weighted by Gasteiger charge is 2.04. The number of hydrogen-bond acceptors (Lipinski definition) is 2. The van der Waals surface area contributed by atoms with E-state index in [-0.39, 0.29) is 0 Å². The fourth-order valence-corrected chi connectivity index (χ4v) is 2.29. The number of hydrogen-bond donors (Lipinski definition) is 1. The molecule has 5 heteroatoms. The summed E-state index contributed by atoms with van der Waals surface area (Å²) in [5.74, 6) is 0. The number of halogens is 2. The molecule has 0 radical (unpaired) electrons. The molecule has 0 bridgehead atoms. The Bertz CT molecular complexity index is 537. The van der Waals surface area contributed by atoms with Crippen LogP contribution in [0.5, 0.6) is 0 Å². The van der Waals surface area contributed by atoms with Crippen molar-refractivity contribution in [2.75, 3.05) is 5.32 Å². The minimum absolute atomic E-state index is 0.679. The Labute approximate surface area is 114 Å². The predicted molar refractivity (Wildman–Crippen MR) is 74.4 cm³/mol. The van der Waals surface area contributed by atoms with Gasteiger partial charge in [0.2, 0.25) is 0 Å². The fraction of sp³-hybridized carbons (Fsp3) is 0.250. The van der Waals surface area contributed by atoms with Gasteiger partial charge < -0.3 is 5.32 Å². The Kier molecular flexibility index (Phi) is 3.74. The van der Waals surface area contributed by atoms with Crippen molar-refractivity contribution in [1.29, 1.82) is 0 Å². The Hall–Kier alpha value is -1.00. The van der Waals surface area contributed by atoms with Crippen LogP contribution in [0.1, 0.15) is 11.3 Å². The van der Waals surface area contributed by atoms with Gasteiger partial charge in [0, 0.05) is 22.7 Å². The number of benzene rings is 1. The third-order valence-electron chi connectivity index (χ3n) is 2.48. The number of nitrogens with zero attached hydrogens (tertiary/aromatic N) is 2. The molecular formula is C12H13BrClN3. The maximum absolute atomic E-state index is 6.09. The van der Waals surface area contributed by atoms with E-state index in [0.29, 0.717) is 6.54 Å². The highest BCUT2D eigenvalue weighted by Crippen LogP contribution is 2.29. The first kappa shape index (κ1) is 12.5. The van der Waals surface area contributed by atoms with Crippen LogP contribution in [-0.4, -0.2) is 9.78 Å². The van der Waals surface area contributed by atoms with Crippen molar-refractivity contribution in [3.05, 3.63) is 45.1 Å². The van der Waals surface area contributed by atoms with Gasteiger partial charge in [-0.25, -0.2) is 0 Å². The van der Waals surface area contributed by atoms with Crippen molar-refractivity contribution in [3.8, 4) is 0 Å². The van der Waals surface area contributed by atoms with Crippen LogP contribution in [0.3, 0.4) is 0 Å². The van der Waals surface area contributed by atoms with Crippen LogP contribution in [0.4, 0.5) is 5.69 Å². The molecule has 1 heterocycles. The number of aromatic nitrogens is 2. The van der Waals surface area contributed by atoms with Crippen LogP contribution in [0.2, 0.25) is 5.02 Å². The second-order valence-electron chi connectivity index (χ2n) is 3.92. The molecule has 0 amide bonds. The van der Waals surface area contributed by atoms with Crippen molar-refractivity contribution >= 4 is 33.2 Å². The zero-order valence-corrected chi connectivity index (χ0v) is 12.0. The molecule has 0 aliphatic heterocycles. The molecule has 0 saturated carbocycles. The number of nitrogens with one attached hydrogen (secondary N) is 1. The van der Waals surface area contributed by atoms with Gasteiger partial charge in [-0.05, 0) is 46.6 Å². The standard InChI is InChI=1S/C12H13BrClN3/c1-8-5-10(13)12(6-11(8)14)15-7-9-3-4-17(2)16-9/h3-6,15H,7H2,1-2H3. The molecule has 0 fully saturated rings. The summed E-state index contributed by atoms with van der Waals surface area (Å²) in [6.45, 7) is 2.66. The molecule has 17 heavy (non-hydrogen) atoms. The van der Waals surface area contributed by atoms with Gasteiger partial charge in [-0.1, -0.05) is 11.6 Å². The molecule has 90 valence electrons. The second kappa shape index (κ2) is 5.10. The van der Waals surface area contributed by atoms with Crippen LogP contribution >= 0.6 is 27.5 Å². The lowest BCUT2D eigenvalue weighted by Gasteiger charge is -2.09. The zero-order valence-electron chi connectivity index (χ0n) is 9.67. The molecule has 0 unspecified atom stereocenters. The Balaban J connectivity index is 2.11. The van der Waals surface area contributed by atoms with E-state index in [1.54, 1.807) is 4.68 Å². The third kappa shape index (κ3) is 3.01. The first-order chi connectivity index (χ1) is 8.06. The molecule has 0 spiro atoms. The van der Waals surface area contributed by atoms with Gasteiger partial charge in [0.25, 0.3) is 0 Å². The van der Waals surface area contributed by atoms with Crippen molar-refractivity contribution < 1.29 is 0 Å². The molecule has 3 nitrogen and oxygen atoms in total. The summed E-state index contributed by atoms with van der Waals surface area (Å²) >= 11 is 9.60. The molecular weight excluding hydrogens is 302 g/mol. The second-order valence-corrected chi connectivity index (χ2v) is 5.18. The van der Waals surface area contributed by atoms with Gasteiger partial charge in [-0.15, -0.1) is 0 Å². The number of rotatable bonds is 3. The number of anilines is 1. The smallest absolute Gasteiger partial charge is 0.0815 e. The molecule has 1 aromatic heterocycles. The van der Waals surface area contributed by atoms with Crippen molar-refractivity contribution in [3.63, 3.8) is 0 Å². The van der Waals surface area contributed by atoms with E-state index in [2.05, 4.69) is 26.3 Å². The van der Waals surface area contributed by atoms with Gasteiger partial charge in [-0.2, -0.15) is 5.10 Å². The molecule has 1 aromatic carbocycles. The van der Waals surface area contributed by atoms with E-state index < -0.39 is 0 Å². The van der Waals surface area contributed by atoms with Gasteiger partial charge in [0.15, 0.2) is 0 Å². The lowest BCUT2D eigenvalue weighted by atomic mass is 10.2. The van der Waals surface area contributed by atoms with Crippen molar-refractivity contribution in [2.45, 2.75) is 13.5 Å². The Morgan fingerprint density at radius 1 is 1.47 bits per heavy atom. The van der Waals surface area contributed by atoms with E-state index in [4.69, 9.17) is 11.6 Å². The maximum atomic E-state index is 6.09. The van der Waals surface area contributed by atoms with Crippen LogP contribution in [0.15, 0.2) is 28.9 Å². The van der Waals surface area contributed by atoms with Crippen LogP contribution in [0.25, 0.3) is 0 Å². The lowest BCUT2D eigenvalue weighted by molar-refractivity contribution is 0.747. The largest absolute Gasteiger partial charge is 0.378 e. The summed E-state index contributed by atoms with van der Waals surface area (Å²) in [7, 11) is 1.90. The predicted octanol–water partition coefficient (Wildman–Crippen LogP) is 3.76. The van der Waals surface area contributed by atoms with Crippen molar-refractivity contribution in [2.24, 2.45) is 7.05 Å². The van der Waals surface area contributed by atoms with E-state index in [1.165, 1.54) is 0 Å². The van der Waals surface area contributed by atoms with E-state index in [9.17, 15) is 0 Å². The van der Waals surface area contributed by atoms with Crippen LogP contribution in [0, 0.1) is 6.92 Å². The summed E-state index contributed by atoms with van der Waals surface area (Å²) in [6.07, 6.45) is 1.92. The topological polar surface area (TPSA) is 29.9 Å². The first-order valence-electron chi connectivity index (χ1n) is 5.24. The number of aryl methyl sites for hydroxylation is 2. The monoisotopic (exact) mass is 313 g/mol.